The molecule has 0 saturated carbocycles. The monoisotopic (exact) mass is 292 g/mol. The smallest absolute Gasteiger partial charge is 0.382 e. The van der Waals surface area contributed by atoms with Crippen LogP contribution in [0, 0.1) is 0 Å². The third-order valence-electron chi connectivity index (χ3n) is 3.65. The molecule has 2 heterocycles. The highest BCUT2D eigenvalue weighted by Gasteiger charge is 2.39. The largest absolute Gasteiger partial charge is 0.415 e. The number of aliphatic hydroxyl groups is 1. The Balaban J connectivity index is 1.83. The van der Waals surface area contributed by atoms with E-state index in [4.69, 9.17) is 5.11 Å². The summed E-state index contributed by atoms with van der Waals surface area (Å²) in [4.78, 5) is 6.00. The van der Waals surface area contributed by atoms with Crippen molar-refractivity contribution in [1.29, 1.82) is 0 Å². The molecule has 5 nitrogen and oxygen atoms in total. The number of rotatable bonds is 4. The van der Waals surface area contributed by atoms with Crippen LogP contribution in [0.2, 0.25) is 0 Å². The van der Waals surface area contributed by atoms with Gasteiger partial charge in [0.05, 0.1) is 0 Å². The third-order valence-corrected chi connectivity index (χ3v) is 3.65. The Morgan fingerprint density at radius 3 is 2.55 bits per heavy atom. The lowest BCUT2D eigenvalue weighted by Gasteiger charge is -2.32. The van der Waals surface area contributed by atoms with Crippen LogP contribution in [0.15, 0.2) is 0 Å². The fourth-order valence-corrected chi connectivity index (χ4v) is 2.37. The minimum atomic E-state index is -4.55. The van der Waals surface area contributed by atoms with Crippen molar-refractivity contribution in [1.82, 2.24) is 20.1 Å². The first-order valence-corrected chi connectivity index (χ1v) is 6.78. The molecule has 1 aromatic heterocycles. The average molecular weight is 292 g/mol. The molecule has 2 N–H and O–H groups in total. The maximum Gasteiger partial charge on any atom is 0.415 e. The van der Waals surface area contributed by atoms with Gasteiger partial charge in [-0.05, 0) is 25.9 Å². The lowest BCUT2D eigenvalue weighted by molar-refractivity contribution is -0.208. The van der Waals surface area contributed by atoms with Gasteiger partial charge >= 0.3 is 6.18 Å². The Labute approximate surface area is 115 Å². The third kappa shape index (κ3) is 3.69. The molecule has 8 heteroatoms. The number of piperidine rings is 1. The topological polar surface area (TPSA) is 65.0 Å². The van der Waals surface area contributed by atoms with Gasteiger partial charge in [-0.3, -0.25) is 5.10 Å². The maximum absolute atomic E-state index is 12.3. The van der Waals surface area contributed by atoms with E-state index in [-0.39, 0.29) is 12.5 Å². The van der Waals surface area contributed by atoms with Crippen molar-refractivity contribution in [3.63, 3.8) is 0 Å². The number of aromatic amines is 1. The van der Waals surface area contributed by atoms with Crippen molar-refractivity contribution >= 4 is 0 Å². The molecule has 0 aromatic carbocycles. The van der Waals surface area contributed by atoms with Crippen LogP contribution in [0.3, 0.4) is 0 Å². The number of aliphatic hydroxyl groups excluding tert-OH is 1. The number of hydrogen-bond acceptors (Lipinski definition) is 4. The van der Waals surface area contributed by atoms with E-state index < -0.39 is 12.3 Å². The summed E-state index contributed by atoms with van der Waals surface area (Å²) < 4.78 is 36.9. The number of alkyl halides is 3. The highest BCUT2D eigenvalue weighted by molar-refractivity contribution is 5.00. The molecule has 1 saturated heterocycles. The second kappa shape index (κ2) is 6.09. The molecule has 1 aliphatic rings. The Morgan fingerprint density at radius 2 is 2.05 bits per heavy atom. The van der Waals surface area contributed by atoms with Gasteiger partial charge in [-0.1, -0.05) is 6.92 Å². The fraction of sp³-hybridized carbons (Fsp3) is 0.833. The van der Waals surface area contributed by atoms with Gasteiger partial charge in [-0.15, -0.1) is 0 Å². The normalized spacial score (nSPS) is 20.2. The van der Waals surface area contributed by atoms with Crippen LogP contribution >= 0.6 is 0 Å². The van der Waals surface area contributed by atoms with Crippen LogP contribution in [0.25, 0.3) is 0 Å². The summed E-state index contributed by atoms with van der Waals surface area (Å²) in [6, 6.07) is 0. The molecular formula is C12H19F3N4O. The molecule has 114 valence electrons. The van der Waals surface area contributed by atoms with Crippen LogP contribution in [-0.2, 0) is 6.42 Å². The number of nitrogens with one attached hydrogen (secondary N) is 1. The van der Waals surface area contributed by atoms with Gasteiger partial charge in [-0.2, -0.15) is 18.3 Å². The zero-order valence-corrected chi connectivity index (χ0v) is 11.3. The lowest BCUT2D eigenvalue weighted by Crippen LogP contribution is -2.44. The van der Waals surface area contributed by atoms with Gasteiger partial charge in [0.2, 0.25) is 0 Å². The van der Waals surface area contributed by atoms with Crippen LogP contribution in [0.4, 0.5) is 13.2 Å². The number of aromatic nitrogens is 3. The number of hydrogen-bond donors (Lipinski definition) is 2. The molecule has 1 fully saturated rings. The number of β-amino-alcohol motifs (C(OH)–C–C–N with tert-alkyl or cyclic N) is 1. The second-order valence-electron chi connectivity index (χ2n) is 5.13. The summed E-state index contributed by atoms with van der Waals surface area (Å²) in [5, 5.41) is 16.1. The van der Waals surface area contributed by atoms with Gasteiger partial charge in [0, 0.05) is 18.9 Å². The van der Waals surface area contributed by atoms with E-state index in [0.717, 1.165) is 18.1 Å². The molecular weight excluding hydrogens is 273 g/mol. The van der Waals surface area contributed by atoms with E-state index in [1.165, 1.54) is 0 Å². The van der Waals surface area contributed by atoms with Gasteiger partial charge in [0.15, 0.2) is 11.9 Å². The number of halogens is 3. The van der Waals surface area contributed by atoms with E-state index in [1.807, 2.05) is 6.92 Å². The van der Waals surface area contributed by atoms with E-state index in [0.29, 0.717) is 25.9 Å². The minimum absolute atomic E-state index is 0.186. The van der Waals surface area contributed by atoms with Crippen molar-refractivity contribution in [3.8, 4) is 0 Å². The zero-order chi connectivity index (χ0) is 14.8. The highest BCUT2D eigenvalue weighted by atomic mass is 19.4. The first kappa shape index (κ1) is 15.2. The van der Waals surface area contributed by atoms with E-state index in [2.05, 4.69) is 15.2 Å². The van der Waals surface area contributed by atoms with Gasteiger partial charge in [0.1, 0.15) is 5.82 Å². The Kier molecular flexibility index (Phi) is 4.64. The number of H-pyrrole nitrogens is 1. The first-order chi connectivity index (χ1) is 9.40. The number of likely N-dealkylation sites (tertiary alicyclic amines) is 1. The molecule has 1 atom stereocenters. The highest BCUT2D eigenvalue weighted by Crippen LogP contribution is 2.27. The first-order valence-electron chi connectivity index (χ1n) is 6.78. The predicted octanol–water partition coefficient (Wildman–Crippen LogP) is 1.47. The molecule has 0 bridgehead atoms. The van der Waals surface area contributed by atoms with Gasteiger partial charge in [0.25, 0.3) is 0 Å². The molecule has 2 rings (SSSR count). The molecule has 0 spiro atoms. The SMILES string of the molecule is CCc1nc(C2CCN(CC(O)C(F)(F)F)CC2)n[nH]1. The molecule has 0 aliphatic carbocycles. The summed E-state index contributed by atoms with van der Waals surface area (Å²) in [5.41, 5.74) is 0. The summed E-state index contributed by atoms with van der Waals surface area (Å²) in [7, 11) is 0. The van der Waals surface area contributed by atoms with Crippen LogP contribution < -0.4 is 0 Å². The van der Waals surface area contributed by atoms with Crippen molar-refractivity contribution < 1.29 is 18.3 Å². The second-order valence-corrected chi connectivity index (χ2v) is 5.13. The summed E-state index contributed by atoms with van der Waals surface area (Å²) >= 11 is 0. The van der Waals surface area contributed by atoms with Gasteiger partial charge < -0.3 is 10.0 Å². The van der Waals surface area contributed by atoms with Crippen molar-refractivity contribution in [2.24, 2.45) is 0 Å². The molecule has 1 aliphatic heterocycles. The Morgan fingerprint density at radius 1 is 1.40 bits per heavy atom. The van der Waals surface area contributed by atoms with E-state index in [9.17, 15) is 13.2 Å². The van der Waals surface area contributed by atoms with Crippen molar-refractivity contribution in [2.75, 3.05) is 19.6 Å². The molecule has 1 unspecified atom stereocenters. The van der Waals surface area contributed by atoms with E-state index >= 15 is 0 Å². The Hall–Kier alpha value is -1.15. The van der Waals surface area contributed by atoms with Crippen LogP contribution in [-0.4, -0.2) is 57.1 Å². The standard InChI is InChI=1S/C12H19F3N4O/c1-2-10-16-11(18-17-10)8-3-5-19(6-4-8)7-9(20)12(13,14)15/h8-9,20H,2-7H2,1H3,(H,16,17,18). The minimum Gasteiger partial charge on any atom is -0.382 e. The zero-order valence-electron chi connectivity index (χ0n) is 11.3. The molecule has 0 radical (unpaired) electrons. The van der Waals surface area contributed by atoms with Crippen LogP contribution in [0.1, 0.15) is 37.3 Å². The van der Waals surface area contributed by atoms with Crippen LogP contribution in [0.5, 0.6) is 0 Å². The van der Waals surface area contributed by atoms with Gasteiger partial charge in [-0.25, -0.2) is 4.98 Å². The number of nitrogens with zero attached hydrogens (tertiary/aromatic N) is 3. The lowest BCUT2D eigenvalue weighted by atomic mass is 9.96. The summed E-state index contributed by atoms with van der Waals surface area (Å²) in [6.45, 7) is 2.66. The fourth-order valence-electron chi connectivity index (χ4n) is 2.37. The van der Waals surface area contributed by atoms with E-state index in [1.54, 1.807) is 4.90 Å². The molecule has 1 aromatic rings. The average Bonchev–Trinajstić information content (AvgIpc) is 2.87. The maximum atomic E-state index is 12.3. The predicted molar refractivity (Wildman–Crippen MR) is 66.2 cm³/mol. The van der Waals surface area contributed by atoms with Crippen molar-refractivity contribution in [3.05, 3.63) is 11.6 Å². The molecule has 0 amide bonds. The summed E-state index contributed by atoms with van der Waals surface area (Å²) in [6.07, 6.45) is -4.61. The quantitative estimate of drug-likeness (QED) is 0.882. The Bertz CT molecular complexity index is 427. The van der Waals surface area contributed by atoms with Crippen molar-refractivity contribution in [2.45, 2.75) is 44.4 Å². The molecule has 20 heavy (non-hydrogen) atoms. The number of aryl methyl sites for hydroxylation is 1. The summed E-state index contributed by atoms with van der Waals surface area (Å²) in [5.74, 6) is 1.76.